The number of aliphatic carboxylic acids is 1. The van der Waals surface area contributed by atoms with Crippen molar-refractivity contribution < 1.29 is 29.0 Å². The first-order valence-electron chi connectivity index (χ1n) is 12.0. The van der Waals surface area contributed by atoms with E-state index in [1.165, 1.54) is 6.08 Å². The average Bonchev–Trinajstić information content (AvgIpc) is 2.88. The molecule has 0 aromatic heterocycles. The molecule has 0 bridgehead atoms. The summed E-state index contributed by atoms with van der Waals surface area (Å²) in [6.07, 6.45) is 11.4. The Morgan fingerprint density at radius 1 is 0.833 bits per heavy atom. The molecule has 0 heterocycles. The number of rotatable bonds is 15. The van der Waals surface area contributed by atoms with Crippen molar-refractivity contribution >= 4 is 17.5 Å². The Balaban J connectivity index is 2.17. The van der Waals surface area contributed by atoms with Crippen molar-refractivity contribution in [3.8, 4) is 23.8 Å². The average molecular weight is 489 g/mol. The second-order valence-corrected chi connectivity index (χ2v) is 8.06. The summed E-state index contributed by atoms with van der Waals surface area (Å²) < 4.78 is 11.2. The zero-order valence-corrected chi connectivity index (χ0v) is 20.8. The lowest BCUT2D eigenvalue weighted by molar-refractivity contribution is -0.132. The van der Waals surface area contributed by atoms with E-state index in [0.29, 0.717) is 30.3 Å². The normalized spacial score (nSPS) is 11.5. The molecule has 0 spiro atoms. The number of carboxylic acids is 1. The van der Waals surface area contributed by atoms with Crippen LogP contribution in [0.25, 0.3) is 0 Å². The standard InChI is InChI=1S/C30H32O6/c1-4-7-20-35-24-14-10-22(11-15-24)28(31)19-18-27(30(33)34)26(9-6-3)29(32)23-12-16-25(17-13-23)36-21-8-5-2/h3,9-18H,4-5,7-8,19-21H2,1-2H3,(H,33,34)/b26-9+,27-18+. The van der Waals surface area contributed by atoms with Gasteiger partial charge in [0.05, 0.1) is 18.8 Å². The first-order chi connectivity index (χ1) is 17.4. The molecule has 6 nitrogen and oxygen atoms in total. The van der Waals surface area contributed by atoms with Gasteiger partial charge in [0.15, 0.2) is 11.6 Å². The monoisotopic (exact) mass is 488 g/mol. The van der Waals surface area contributed by atoms with Crippen LogP contribution in [0.3, 0.4) is 0 Å². The van der Waals surface area contributed by atoms with Gasteiger partial charge in [-0.05, 0) is 67.4 Å². The van der Waals surface area contributed by atoms with E-state index in [1.54, 1.807) is 48.5 Å². The van der Waals surface area contributed by atoms with Crippen molar-refractivity contribution in [2.24, 2.45) is 0 Å². The van der Waals surface area contributed by atoms with Crippen LogP contribution in [0.15, 0.2) is 71.8 Å². The molecule has 0 aliphatic carbocycles. The van der Waals surface area contributed by atoms with E-state index in [1.807, 2.05) is 0 Å². The maximum atomic E-state index is 13.1. The molecule has 2 aromatic rings. The highest BCUT2D eigenvalue weighted by molar-refractivity contribution is 6.17. The van der Waals surface area contributed by atoms with Crippen molar-refractivity contribution in [3.05, 3.63) is 83.0 Å². The second-order valence-electron chi connectivity index (χ2n) is 8.06. The minimum absolute atomic E-state index is 0.169. The van der Waals surface area contributed by atoms with E-state index in [4.69, 9.17) is 15.9 Å². The molecule has 0 atom stereocenters. The van der Waals surface area contributed by atoms with E-state index in [9.17, 15) is 19.5 Å². The number of carbonyl (C=O) groups is 3. The fraction of sp³-hybridized carbons (Fsp3) is 0.300. The molecule has 188 valence electrons. The maximum absolute atomic E-state index is 13.1. The Hall–Kier alpha value is -4.11. The first kappa shape index (κ1) is 28.1. The largest absolute Gasteiger partial charge is 0.494 e. The van der Waals surface area contributed by atoms with Gasteiger partial charge in [-0.2, -0.15) is 0 Å². The van der Waals surface area contributed by atoms with Gasteiger partial charge in [0.1, 0.15) is 11.5 Å². The van der Waals surface area contributed by atoms with Crippen LogP contribution in [0.2, 0.25) is 0 Å². The lowest BCUT2D eigenvalue weighted by Crippen LogP contribution is -2.13. The molecule has 0 saturated heterocycles. The third-order valence-electron chi connectivity index (χ3n) is 5.31. The number of allylic oxidation sites excluding steroid dienone is 2. The summed E-state index contributed by atoms with van der Waals surface area (Å²) in [6, 6.07) is 13.1. The van der Waals surface area contributed by atoms with Gasteiger partial charge in [0, 0.05) is 23.1 Å². The van der Waals surface area contributed by atoms with Gasteiger partial charge in [-0.3, -0.25) is 9.59 Å². The van der Waals surface area contributed by atoms with Crippen molar-refractivity contribution in [3.63, 3.8) is 0 Å². The SMILES string of the molecule is C#C/C=C(C(=O)c1ccc(OCCCC)cc1)\C(=C/CC(=O)c1ccc(OCCCC)cc1)C(=O)O. The topological polar surface area (TPSA) is 89.9 Å². The van der Waals surface area contributed by atoms with Gasteiger partial charge in [0.25, 0.3) is 0 Å². The molecule has 0 radical (unpaired) electrons. The molecule has 36 heavy (non-hydrogen) atoms. The molecule has 2 rings (SSSR count). The predicted octanol–water partition coefficient (Wildman–Crippen LogP) is 6.07. The van der Waals surface area contributed by atoms with Crippen LogP contribution in [-0.4, -0.2) is 35.9 Å². The molecule has 1 N–H and O–H groups in total. The van der Waals surface area contributed by atoms with Gasteiger partial charge in [0.2, 0.25) is 0 Å². The van der Waals surface area contributed by atoms with Crippen molar-refractivity contribution in [1.29, 1.82) is 0 Å². The van der Waals surface area contributed by atoms with Crippen LogP contribution in [0, 0.1) is 12.3 Å². The Morgan fingerprint density at radius 3 is 1.78 bits per heavy atom. The van der Waals surface area contributed by atoms with Gasteiger partial charge >= 0.3 is 5.97 Å². The van der Waals surface area contributed by atoms with Crippen LogP contribution < -0.4 is 9.47 Å². The van der Waals surface area contributed by atoms with E-state index in [-0.39, 0.29) is 28.9 Å². The minimum Gasteiger partial charge on any atom is -0.494 e. The Labute approximate surface area is 212 Å². The third kappa shape index (κ3) is 8.59. The molecular formula is C30H32O6. The summed E-state index contributed by atoms with van der Waals surface area (Å²) in [5.41, 5.74) is 0.175. The molecule has 0 unspecified atom stereocenters. The molecule has 0 fully saturated rings. The number of unbranched alkanes of at least 4 members (excludes halogenated alkanes) is 2. The van der Waals surface area contributed by atoms with Crippen LogP contribution in [-0.2, 0) is 4.79 Å². The summed E-state index contributed by atoms with van der Waals surface area (Å²) in [7, 11) is 0. The van der Waals surface area contributed by atoms with Gasteiger partial charge in [-0.15, -0.1) is 6.42 Å². The highest BCUT2D eigenvalue weighted by atomic mass is 16.5. The molecular weight excluding hydrogens is 456 g/mol. The van der Waals surface area contributed by atoms with E-state index < -0.39 is 11.8 Å². The third-order valence-corrected chi connectivity index (χ3v) is 5.31. The van der Waals surface area contributed by atoms with Gasteiger partial charge in [-0.25, -0.2) is 4.79 Å². The zero-order valence-electron chi connectivity index (χ0n) is 20.8. The number of carbonyl (C=O) groups excluding carboxylic acids is 2. The quantitative estimate of drug-likeness (QED) is 0.108. The van der Waals surface area contributed by atoms with Gasteiger partial charge < -0.3 is 14.6 Å². The fourth-order valence-corrected chi connectivity index (χ4v) is 3.24. The molecule has 0 aliphatic heterocycles. The summed E-state index contributed by atoms with van der Waals surface area (Å²) in [6.45, 7) is 5.30. The number of benzene rings is 2. The molecule has 0 amide bonds. The number of hydrogen-bond acceptors (Lipinski definition) is 5. The highest BCUT2D eigenvalue weighted by Crippen LogP contribution is 2.21. The lowest BCUT2D eigenvalue weighted by atomic mass is 9.94. The fourth-order valence-electron chi connectivity index (χ4n) is 3.24. The summed E-state index contributed by atoms with van der Waals surface area (Å²) in [5.74, 6) is 1.31. The predicted molar refractivity (Wildman–Crippen MR) is 140 cm³/mol. The van der Waals surface area contributed by atoms with Gasteiger partial charge in [-0.1, -0.05) is 38.7 Å². The van der Waals surface area contributed by atoms with E-state index >= 15 is 0 Å². The lowest BCUT2D eigenvalue weighted by Gasteiger charge is -2.09. The van der Waals surface area contributed by atoms with Crippen molar-refractivity contribution in [2.75, 3.05) is 13.2 Å². The van der Waals surface area contributed by atoms with E-state index in [0.717, 1.165) is 31.8 Å². The van der Waals surface area contributed by atoms with E-state index in [2.05, 4.69) is 19.8 Å². The summed E-state index contributed by atoms with van der Waals surface area (Å²) in [5, 5.41) is 9.78. The number of terminal acetylenes is 1. The number of hydrogen-bond donors (Lipinski definition) is 1. The molecule has 0 saturated carbocycles. The molecule has 6 heteroatoms. The summed E-state index contributed by atoms with van der Waals surface area (Å²) >= 11 is 0. The summed E-state index contributed by atoms with van der Waals surface area (Å²) in [4.78, 5) is 37.8. The number of carboxylic acid groups (broad SMARTS) is 1. The highest BCUT2D eigenvalue weighted by Gasteiger charge is 2.22. The number of Topliss-reactive ketones (excluding diaryl/α,β-unsaturated/α-hetero) is 2. The smallest absolute Gasteiger partial charge is 0.336 e. The Bertz CT molecular complexity index is 1130. The zero-order chi connectivity index (χ0) is 26.3. The van der Waals surface area contributed by atoms with Crippen molar-refractivity contribution in [1.82, 2.24) is 0 Å². The van der Waals surface area contributed by atoms with Crippen LogP contribution >= 0.6 is 0 Å². The first-order valence-corrected chi connectivity index (χ1v) is 12.0. The van der Waals surface area contributed by atoms with Crippen LogP contribution in [0.5, 0.6) is 11.5 Å². The number of ether oxygens (including phenoxy) is 2. The van der Waals surface area contributed by atoms with Crippen molar-refractivity contribution in [2.45, 2.75) is 46.0 Å². The molecule has 0 aliphatic rings. The maximum Gasteiger partial charge on any atom is 0.336 e. The van der Waals surface area contributed by atoms with Crippen LogP contribution in [0.1, 0.15) is 66.7 Å². The Kier molecular flexibility index (Phi) is 11.7. The van der Waals surface area contributed by atoms with Crippen LogP contribution in [0.4, 0.5) is 0 Å². The Morgan fingerprint density at radius 2 is 1.33 bits per heavy atom. The number of ketones is 2. The minimum atomic E-state index is -1.35. The molecule has 2 aromatic carbocycles. The second kappa shape index (κ2) is 15.0.